The Hall–Kier alpha value is -1.13. The van der Waals surface area contributed by atoms with E-state index in [2.05, 4.69) is 29.4 Å². The van der Waals surface area contributed by atoms with Gasteiger partial charge in [-0.1, -0.05) is 13.3 Å². The number of thiazole rings is 1. The molecule has 3 rings (SSSR count). The predicted octanol–water partition coefficient (Wildman–Crippen LogP) is 3.38. The van der Waals surface area contributed by atoms with Crippen LogP contribution in [0.1, 0.15) is 31.2 Å². The van der Waals surface area contributed by atoms with Gasteiger partial charge in [0.15, 0.2) is 0 Å². The van der Waals surface area contributed by atoms with E-state index in [1.807, 2.05) is 6.07 Å². The number of unbranched alkanes of at least 4 members (excludes halogenated alkanes) is 1. The molecule has 1 aliphatic rings. The summed E-state index contributed by atoms with van der Waals surface area (Å²) >= 11 is 1.80. The molecule has 1 aromatic carbocycles. The molecule has 2 heterocycles. The molecule has 19 heavy (non-hydrogen) atoms. The molecule has 1 aromatic heterocycles. The minimum atomic E-state index is 0.324. The molecule has 2 aromatic rings. The van der Waals surface area contributed by atoms with Crippen molar-refractivity contribution >= 4 is 21.6 Å². The van der Waals surface area contributed by atoms with Gasteiger partial charge in [0.05, 0.1) is 15.2 Å². The molecule has 1 saturated heterocycles. The lowest BCUT2D eigenvalue weighted by atomic mass is 10.2. The minimum absolute atomic E-state index is 0.324. The first kappa shape index (κ1) is 12.9. The van der Waals surface area contributed by atoms with E-state index in [0.29, 0.717) is 6.10 Å². The van der Waals surface area contributed by atoms with Crippen molar-refractivity contribution < 1.29 is 4.74 Å². The van der Waals surface area contributed by atoms with Crippen molar-refractivity contribution in [3.8, 4) is 5.75 Å². The zero-order chi connectivity index (χ0) is 13.1. The lowest BCUT2D eigenvalue weighted by Gasteiger charge is -2.11. The number of nitrogens with one attached hydrogen (secondary N) is 1. The number of nitrogens with zero attached hydrogens (tertiary/aromatic N) is 1. The number of aryl methyl sites for hydroxylation is 1. The van der Waals surface area contributed by atoms with E-state index in [1.165, 1.54) is 22.5 Å². The van der Waals surface area contributed by atoms with E-state index in [9.17, 15) is 0 Å². The van der Waals surface area contributed by atoms with Crippen molar-refractivity contribution in [2.45, 2.75) is 38.7 Å². The number of ether oxygens (including phenoxy) is 1. The maximum Gasteiger partial charge on any atom is 0.121 e. The van der Waals surface area contributed by atoms with Gasteiger partial charge in [0, 0.05) is 6.54 Å². The third-order valence-corrected chi connectivity index (χ3v) is 4.54. The number of aromatic nitrogens is 1. The second kappa shape index (κ2) is 5.88. The average Bonchev–Trinajstić information content (AvgIpc) is 3.04. The molecule has 3 nitrogen and oxygen atoms in total. The van der Waals surface area contributed by atoms with Crippen molar-refractivity contribution in [2.75, 3.05) is 13.1 Å². The Balaban J connectivity index is 1.75. The van der Waals surface area contributed by atoms with E-state index in [0.717, 1.165) is 37.2 Å². The average molecular weight is 276 g/mol. The van der Waals surface area contributed by atoms with Gasteiger partial charge in [0.25, 0.3) is 0 Å². The Morgan fingerprint density at radius 3 is 3.21 bits per heavy atom. The summed E-state index contributed by atoms with van der Waals surface area (Å²) in [6.45, 7) is 4.24. The zero-order valence-corrected chi connectivity index (χ0v) is 12.1. The fraction of sp³-hybridized carbons (Fsp3) is 0.533. The van der Waals surface area contributed by atoms with Crippen molar-refractivity contribution in [3.05, 3.63) is 23.2 Å². The van der Waals surface area contributed by atoms with Gasteiger partial charge < -0.3 is 10.1 Å². The van der Waals surface area contributed by atoms with Crippen LogP contribution in [0.5, 0.6) is 5.75 Å². The topological polar surface area (TPSA) is 34.1 Å². The first-order valence-electron chi connectivity index (χ1n) is 7.12. The highest BCUT2D eigenvalue weighted by atomic mass is 32.1. The molecule has 4 heteroatoms. The second-order valence-corrected chi connectivity index (χ2v) is 6.19. The van der Waals surface area contributed by atoms with Crippen LogP contribution in [0.25, 0.3) is 10.2 Å². The minimum Gasteiger partial charge on any atom is -0.489 e. The van der Waals surface area contributed by atoms with Crippen LogP contribution in [0.4, 0.5) is 0 Å². The first-order chi connectivity index (χ1) is 9.35. The summed E-state index contributed by atoms with van der Waals surface area (Å²) in [5.41, 5.74) is 1.10. The van der Waals surface area contributed by atoms with Crippen LogP contribution in [-0.2, 0) is 6.42 Å². The Morgan fingerprint density at radius 2 is 2.42 bits per heavy atom. The largest absolute Gasteiger partial charge is 0.489 e. The Kier molecular flexibility index (Phi) is 3.99. The third kappa shape index (κ3) is 3.07. The fourth-order valence-electron chi connectivity index (χ4n) is 2.38. The molecule has 0 radical (unpaired) electrons. The number of fused-ring (bicyclic) bond motifs is 1. The van der Waals surface area contributed by atoms with Crippen LogP contribution in [0, 0.1) is 0 Å². The fourth-order valence-corrected chi connectivity index (χ4v) is 3.42. The SMILES string of the molecule is CCCCc1nc2ccc(OC3CCNC3)cc2s1. The molecule has 0 bridgehead atoms. The molecular weight excluding hydrogens is 256 g/mol. The first-order valence-corrected chi connectivity index (χ1v) is 7.93. The van der Waals surface area contributed by atoms with E-state index in [-0.39, 0.29) is 0 Å². The van der Waals surface area contributed by atoms with E-state index in [1.54, 1.807) is 11.3 Å². The van der Waals surface area contributed by atoms with Crippen molar-refractivity contribution in [1.29, 1.82) is 0 Å². The van der Waals surface area contributed by atoms with Crippen LogP contribution in [-0.4, -0.2) is 24.2 Å². The highest BCUT2D eigenvalue weighted by Gasteiger charge is 2.16. The molecule has 0 saturated carbocycles. The lowest BCUT2D eigenvalue weighted by molar-refractivity contribution is 0.223. The van der Waals surface area contributed by atoms with Gasteiger partial charge in [0.1, 0.15) is 11.9 Å². The quantitative estimate of drug-likeness (QED) is 0.909. The normalized spacial score (nSPS) is 19.1. The Morgan fingerprint density at radius 1 is 1.47 bits per heavy atom. The second-order valence-electron chi connectivity index (χ2n) is 5.07. The van der Waals surface area contributed by atoms with Gasteiger partial charge in [-0.05, 0) is 44.0 Å². The van der Waals surface area contributed by atoms with Gasteiger partial charge in [0.2, 0.25) is 0 Å². The number of hydrogen-bond donors (Lipinski definition) is 1. The number of benzene rings is 1. The smallest absolute Gasteiger partial charge is 0.121 e. The van der Waals surface area contributed by atoms with E-state index >= 15 is 0 Å². The van der Waals surface area contributed by atoms with Gasteiger partial charge >= 0.3 is 0 Å². The monoisotopic (exact) mass is 276 g/mol. The molecule has 0 spiro atoms. The maximum absolute atomic E-state index is 5.99. The summed E-state index contributed by atoms with van der Waals surface area (Å²) in [6, 6.07) is 6.27. The van der Waals surface area contributed by atoms with Gasteiger partial charge in [-0.25, -0.2) is 4.98 Å². The molecule has 1 atom stereocenters. The standard InChI is InChI=1S/C15H20N2OS/c1-2-3-4-15-17-13-6-5-11(9-14(13)19-15)18-12-7-8-16-10-12/h5-6,9,12,16H,2-4,7-8,10H2,1H3. The lowest BCUT2D eigenvalue weighted by Crippen LogP contribution is -2.19. The van der Waals surface area contributed by atoms with Crippen LogP contribution < -0.4 is 10.1 Å². The molecule has 1 N–H and O–H groups in total. The van der Waals surface area contributed by atoms with Crippen LogP contribution >= 0.6 is 11.3 Å². The molecule has 1 fully saturated rings. The van der Waals surface area contributed by atoms with E-state index in [4.69, 9.17) is 4.74 Å². The van der Waals surface area contributed by atoms with E-state index < -0.39 is 0 Å². The Labute approximate surface area is 118 Å². The summed E-state index contributed by atoms with van der Waals surface area (Å²) in [4.78, 5) is 4.67. The van der Waals surface area contributed by atoms with Crippen LogP contribution in [0.3, 0.4) is 0 Å². The molecule has 0 amide bonds. The van der Waals surface area contributed by atoms with Crippen molar-refractivity contribution in [1.82, 2.24) is 10.3 Å². The highest BCUT2D eigenvalue weighted by Crippen LogP contribution is 2.28. The molecule has 102 valence electrons. The van der Waals surface area contributed by atoms with Crippen LogP contribution in [0.15, 0.2) is 18.2 Å². The van der Waals surface area contributed by atoms with Gasteiger partial charge in [-0.2, -0.15) is 0 Å². The van der Waals surface area contributed by atoms with Gasteiger partial charge in [-0.15, -0.1) is 11.3 Å². The van der Waals surface area contributed by atoms with Crippen molar-refractivity contribution in [3.63, 3.8) is 0 Å². The summed E-state index contributed by atoms with van der Waals surface area (Å²) in [5, 5.41) is 4.57. The summed E-state index contributed by atoms with van der Waals surface area (Å²) in [6.07, 6.45) is 4.96. The summed E-state index contributed by atoms with van der Waals surface area (Å²) < 4.78 is 7.24. The maximum atomic E-state index is 5.99. The predicted molar refractivity (Wildman–Crippen MR) is 80.1 cm³/mol. The molecule has 1 aliphatic heterocycles. The van der Waals surface area contributed by atoms with Gasteiger partial charge in [-0.3, -0.25) is 0 Å². The molecule has 0 aliphatic carbocycles. The van der Waals surface area contributed by atoms with Crippen molar-refractivity contribution in [2.24, 2.45) is 0 Å². The molecule has 1 unspecified atom stereocenters. The Bertz CT molecular complexity index is 546. The summed E-state index contributed by atoms with van der Waals surface area (Å²) in [7, 11) is 0. The summed E-state index contributed by atoms with van der Waals surface area (Å²) in [5.74, 6) is 0.979. The highest BCUT2D eigenvalue weighted by molar-refractivity contribution is 7.18. The van der Waals surface area contributed by atoms with Crippen LogP contribution in [0.2, 0.25) is 0 Å². The zero-order valence-electron chi connectivity index (χ0n) is 11.3. The third-order valence-electron chi connectivity index (χ3n) is 3.47. The number of rotatable bonds is 5. The molecular formula is C15H20N2OS. The number of hydrogen-bond acceptors (Lipinski definition) is 4.